The number of nitrogens with one attached hydrogen (secondary N) is 1. The van der Waals surface area contributed by atoms with Gasteiger partial charge in [-0.2, -0.15) is 4.98 Å². The second kappa shape index (κ2) is 5.24. The van der Waals surface area contributed by atoms with Crippen LogP contribution in [-0.2, 0) is 12.8 Å². The number of aryl methyl sites for hydroxylation is 1. The number of nitrogens with zero attached hydrogens (tertiary/aromatic N) is 2. The fraction of sp³-hybridized carbons (Fsp3) is 0.375. The Morgan fingerprint density at radius 3 is 2.95 bits per heavy atom. The van der Waals surface area contributed by atoms with Gasteiger partial charge in [-0.3, -0.25) is 4.79 Å². The van der Waals surface area contributed by atoms with Gasteiger partial charge in [0.2, 0.25) is 5.88 Å². The molecule has 1 aliphatic heterocycles. The van der Waals surface area contributed by atoms with Crippen molar-refractivity contribution in [1.82, 2.24) is 9.97 Å². The molecule has 0 saturated heterocycles. The summed E-state index contributed by atoms with van der Waals surface area (Å²) in [5.74, 6) is 0.247. The zero-order valence-corrected chi connectivity index (χ0v) is 12.3. The fourth-order valence-electron chi connectivity index (χ4n) is 2.87. The Morgan fingerprint density at radius 1 is 1.43 bits per heavy atom. The number of hydrogen-bond acceptors (Lipinski definition) is 4. The van der Waals surface area contributed by atoms with Crippen LogP contribution in [0.2, 0.25) is 0 Å². The minimum absolute atomic E-state index is 0.175. The van der Waals surface area contributed by atoms with Gasteiger partial charge < -0.3 is 15.0 Å². The maximum atomic E-state index is 11.9. The van der Waals surface area contributed by atoms with Crippen LogP contribution in [0.5, 0.6) is 5.88 Å². The number of hydrogen-bond donors (Lipinski definition) is 2. The van der Waals surface area contributed by atoms with E-state index in [9.17, 15) is 9.90 Å². The molecule has 3 rings (SSSR count). The van der Waals surface area contributed by atoms with E-state index in [1.807, 2.05) is 19.1 Å². The molecule has 2 N–H and O–H groups in total. The van der Waals surface area contributed by atoms with Crippen LogP contribution >= 0.6 is 0 Å². The molecule has 0 radical (unpaired) electrons. The Morgan fingerprint density at radius 2 is 2.24 bits per heavy atom. The molecule has 2 aromatic rings. The minimum Gasteiger partial charge on any atom is -0.493 e. The number of rotatable bonds is 2. The molecule has 1 aromatic heterocycles. The van der Waals surface area contributed by atoms with Crippen LogP contribution in [0.15, 0.2) is 23.0 Å². The van der Waals surface area contributed by atoms with Crippen LogP contribution in [-0.4, -0.2) is 28.7 Å². The van der Waals surface area contributed by atoms with Gasteiger partial charge in [-0.15, -0.1) is 0 Å². The second-order valence-corrected chi connectivity index (χ2v) is 5.44. The van der Waals surface area contributed by atoms with Gasteiger partial charge in [-0.25, -0.2) is 0 Å². The van der Waals surface area contributed by atoms with Crippen LogP contribution in [0, 0.1) is 0 Å². The molecule has 0 spiro atoms. The van der Waals surface area contributed by atoms with Crippen LogP contribution in [0.25, 0.3) is 11.4 Å². The SMILES string of the molecule is CCc1c(O)nc(-c2ccc3c(c2)CCCN3C)[nH]c1=O. The normalized spacial score (nSPS) is 14.1. The molecule has 0 aliphatic carbocycles. The zero-order valence-electron chi connectivity index (χ0n) is 12.3. The smallest absolute Gasteiger partial charge is 0.258 e. The van der Waals surface area contributed by atoms with Gasteiger partial charge >= 0.3 is 0 Å². The molecule has 0 unspecified atom stereocenters. The number of fused-ring (bicyclic) bond motifs is 1. The van der Waals surface area contributed by atoms with E-state index < -0.39 is 0 Å². The predicted molar refractivity (Wildman–Crippen MR) is 82.9 cm³/mol. The monoisotopic (exact) mass is 285 g/mol. The Bertz CT molecular complexity index is 737. The van der Waals surface area contributed by atoms with Gasteiger partial charge in [0.15, 0.2) is 0 Å². The third-order valence-corrected chi connectivity index (χ3v) is 4.05. The third-order valence-electron chi connectivity index (χ3n) is 4.05. The predicted octanol–water partition coefficient (Wildman–Crippen LogP) is 2.09. The highest BCUT2D eigenvalue weighted by atomic mass is 16.3. The first-order valence-corrected chi connectivity index (χ1v) is 7.26. The average molecular weight is 285 g/mol. The first-order chi connectivity index (χ1) is 10.1. The average Bonchev–Trinajstić information content (AvgIpc) is 2.47. The molecule has 0 fully saturated rings. The lowest BCUT2D eigenvalue weighted by Crippen LogP contribution is -2.24. The first kappa shape index (κ1) is 13.7. The van der Waals surface area contributed by atoms with Gasteiger partial charge in [-0.05, 0) is 43.0 Å². The summed E-state index contributed by atoms with van der Waals surface area (Å²) in [5, 5.41) is 9.87. The molecule has 0 saturated carbocycles. The second-order valence-electron chi connectivity index (χ2n) is 5.44. The zero-order chi connectivity index (χ0) is 15.0. The van der Waals surface area contributed by atoms with Crippen molar-refractivity contribution < 1.29 is 5.11 Å². The Kier molecular flexibility index (Phi) is 3.41. The Hall–Kier alpha value is -2.30. The Labute approximate surface area is 123 Å². The van der Waals surface area contributed by atoms with Gasteiger partial charge in [0, 0.05) is 24.8 Å². The van der Waals surface area contributed by atoms with E-state index >= 15 is 0 Å². The molecule has 21 heavy (non-hydrogen) atoms. The molecule has 0 atom stereocenters. The summed E-state index contributed by atoms with van der Waals surface area (Å²) in [4.78, 5) is 21.1. The number of aromatic hydroxyl groups is 1. The molecule has 110 valence electrons. The first-order valence-electron chi connectivity index (χ1n) is 7.26. The van der Waals surface area contributed by atoms with Crippen LogP contribution in [0.3, 0.4) is 0 Å². The summed E-state index contributed by atoms with van der Waals surface area (Å²) in [6.45, 7) is 2.88. The molecule has 1 aromatic carbocycles. The van der Waals surface area contributed by atoms with Crippen molar-refractivity contribution in [2.24, 2.45) is 0 Å². The number of aromatic nitrogens is 2. The van der Waals surface area contributed by atoms with E-state index in [-0.39, 0.29) is 11.4 Å². The third kappa shape index (κ3) is 2.39. The highest BCUT2D eigenvalue weighted by molar-refractivity contribution is 5.65. The van der Waals surface area contributed by atoms with Crippen molar-refractivity contribution in [2.75, 3.05) is 18.5 Å². The maximum absolute atomic E-state index is 11.9. The molecular formula is C16H19N3O2. The van der Waals surface area contributed by atoms with Crippen molar-refractivity contribution in [1.29, 1.82) is 0 Å². The van der Waals surface area contributed by atoms with Crippen LogP contribution in [0.4, 0.5) is 5.69 Å². The quantitative estimate of drug-likeness (QED) is 0.886. The number of anilines is 1. The molecule has 0 amide bonds. The number of benzene rings is 1. The van der Waals surface area contributed by atoms with E-state index in [1.165, 1.54) is 11.3 Å². The topological polar surface area (TPSA) is 69.2 Å². The number of aromatic amines is 1. The van der Waals surface area contributed by atoms with Crippen molar-refractivity contribution in [3.63, 3.8) is 0 Å². The summed E-state index contributed by atoms with van der Waals surface area (Å²) >= 11 is 0. The number of H-pyrrole nitrogens is 1. The van der Waals surface area contributed by atoms with E-state index in [1.54, 1.807) is 0 Å². The lowest BCUT2D eigenvalue weighted by molar-refractivity contribution is 0.444. The standard InChI is InChI=1S/C16H19N3O2/c1-3-12-15(20)17-14(18-16(12)21)11-6-7-13-10(9-11)5-4-8-19(13)2/h6-7,9H,3-5,8H2,1-2H3,(H2,17,18,20,21). The molecule has 5 nitrogen and oxygen atoms in total. The molecular weight excluding hydrogens is 266 g/mol. The van der Waals surface area contributed by atoms with Crippen molar-refractivity contribution >= 4 is 5.69 Å². The molecule has 1 aliphatic rings. The lowest BCUT2D eigenvalue weighted by Gasteiger charge is -2.27. The summed E-state index contributed by atoms with van der Waals surface area (Å²) < 4.78 is 0. The lowest BCUT2D eigenvalue weighted by atomic mass is 9.99. The maximum Gasteiger partial charge on any atom is 0.258 e. The highest BCUT2D eigenvalue weighted by Crippen LogP contribution is 2.29. The largest absolute Gasteiger partial charge is 0.493 e. The van der Waals surface area contributed by atoms with Crippen molar-refractivity contribution in [3.8, 4) is 17.3 Å². The highest BCUT2D eigenvalue weighted by Gasteiger charge is 2.16. The summed E-state index contributed by atoms with van der Waals surface area (Å²) in [6.07, 6.45) is 2.61. The van der Waals surface area contributed by atoms with E-state index in [2.05, 4.69) is 28.0 Å². The van der Waals surface area contributed by atoms with Crippen LogP contribution < -0.4 is 10.5 Å². The van der Waals surface area contributed by atoms with Gasteiger partial charge in [0.05, 0.1) is 5.56 Å². The van der Waals surface area contributed by atoms with Gasteiger partial charge in [-0.1, -0.05) is 6.92 Å². The van der Waals surface area contributed by atoms with E-state index in [0.29, 0.717) is 17.8 Å². The fourth-order valence-corrected chi connectivity index (χ4v) is 2.87. The molecule has 5 heteroatoms. The van der Waals surface area contributed by atoms with E-state index in [0.717, 1.165) is 24.9 Å². The van der Waals surface area contributed by atoms with Crippen LogP contribution in [0.1, 0.15) is 24.5 Å². The minimum atomic E-state index is -0.269. The molecule has 0 bridgehead atoms. The Balaban J connectivity index is 2.07. The molecule has 2 heterocycles. The summed E-state index contributed by atoms with van der Waals surface area (Å²) in [7, 11) is 2.08. The van der Waals surface area contributed by atoms with Gasteiger partial charge in [0.25, 0.3) is 5.56 Å². The van der Waals surface area contributed by atoms with Crippen molar-refractivity contribution in [3.05, 3.63) is 39.7 Å². The summed E-state index contributed by atoms with van der Waals surface area (Å²) in [6, 6.07) is 6.03. The van der Waals surface area contributed by atoms with Gasteiger partial charge in [0.1, 0.15) is 5.82 Å². The van der Waals surface area contributed by atoms with E-state index in [4.69, 9.17) is 0 Å². The summed E-state index contributed by atoms with van der Waals surface area (Å²) in [5.41, 5.74) is 3.37. The van der Waals surface area contributed by atoms with Crippen molar-refractivity contribution in [2.45, 2.75) is 26.2 Å².